The van der Waals surface area contributed by atoms with Gasteiger partial charge in [0.05, 0.1) is 11.4 Å². The molecule has 0 fully saturated rings. The van der Waals surface area contributed by atoms with E-state index in [-0.39, 0.29) is 11.7 Å². The molecule has 3 rings (SSSR count). The third kappa shape index (κ3) is 5.67. The molecule has 0 aliphatic heterocycles. The number of hydrogen-bond acceptors (Lipinski definition) is 6. The van der Waals surface area contributed by atoms with Crippen molar-refractivity contribution in [2.45, 2.75) is 45.4 Å². The minimum Gasteiger partial charge on any atom is -0.481 e. The average molecular weight is 454 g/mol. The number of nitrogens with one attached hydrogen (secondary N) is 2. The van der Waals surface area contributed by atoms with Gasteiger partial charge in [-0.25, -0.2) is 0 Å². The fourth-order valence-corrected chi connectivity index (χ4v) is 3.75. The molecule has 0 aliphatic carbocycles. The van der Waals surface area contributed by atoms with Crippen LogP contribution in [0.1, 0.15) is 30.5 Å². The van der Waals surface area contributed by atoms with Crippen LogP contribution in [-0.2, 0) is 16.0 Å². The van der Waals surface area contributed by atoms with E-state index in [4.69, 9.17) is 4.74 Å². The summed E-state index contributed by atoms with van der Waals surface area (Å²) in [6.45, 7) is 7.63. The van der Waals surface area contributed by atoms with Crippen LogP contribution >= 0.6 is 11.8 Å². The highest BCUT2D eigenvalue weighted by atomic mass is 32.2. The van der Waals surface area contributed by atoms with E-state index >= 15 is 0 Å². The highest BCUT2D eigenvalue weighted by Gasteiger charge is 2.17. The van der Waals surface area contributed by atoms with Crippen molar-refractivity contribution in [1.82, 2.24) is 25.6 Å². The zero-order valence-corrected chi connectivity index (χ0v) is 19.4. The van der Waals surface area contributed by atoms with Crippen molar-refractivity contribution >= 4 is 23.6 Å². The number of ether oxygens (including phenoxy) is 1. The number of para-hydroxylation sites is 1. The Labute approximate surface area is 191 Å². The lowest BCUT2D eigenvalue weighted by Gasteiger charge is -2.17. The zero-order valence-electron chi connectivity index (χ0n) is 18.6. The molecule has 3 aromatic rings. The lowest BCUT2D eigenvalue weighted by Crippen LogP contribution is -2.47. The largest absolute Gasteiger partial charge is 0.481 e. The first-order valence-corrected chi connectivity index (χ1v) is 11.3. The summed E-state index contributed by atoms with van der Waals surface area (Å²) in [4.78, 5) is 24.6. The molecule has 8 nitrogen and oxygen atoms in total. The maximum Gasteiger partial charge on any atom is 0.279 e. The van der Waals surface area contributed by atoms with E-state index in [1.807, 2.05) is 60.9 Å². The van der Waals surface area contributed by atoms with E-state index in [9.17, 15) is 9.59 Å². The Balaban J connectivity index is 1.51. The van der Waals surface area contributed by atoms with Gasteiger partial charge in [0.15, 0.2) is 11.3 Å². The van der Waals surface area contributed by atoms with Gasteiger partial charge in [0.1, 0.15) is 12.1 Å². The second kappa shape index (κ2) is 10.8. The molecule has 2 aromatic carbocycles. The second-order valence-electron chi connectivity index (χ2n) is 7.25. The van der Waals surface area contributed by atoms with Crippen molar-refractivity contribution in [2.75, 3.05) is 5.75 Å². The van der Waals surface area contributed by atoms with Gasteiger partial charge in [-0.2, -0.15) is 0 Å². The third-order valence-electron chi connectivity index (χ3n) is 5.03. The first-order valence-electron chi connectivity index (χ1n) is 10.3. The summed E-state index contributed by atoms with van der Waals surface area (Å²) in [6, 6.07) is 13.6. The minimum absolute atomic E-state index is 0.0689. The van der Waals surface area contributed by atoms with Crippen molar-refractivity contribution in [2.24, 2.45) is 0 Å². The van der Waals surface area contributed by atoms with Crippen LogP contribution in [0.2, 0.25) is 0 Å². The van der Waals surface area contributed by atoms with Gasteiger partial charge in [-0.15, -0.1) is 10.2 Å². The summed E-state index contributed by atoms with van der Waals surface area (Å²) in [5.41, 5.74) is 9.02. The van der Waals surface area contributed by atoms with Crippen molar-refractivity contribution in [1.29, 1.82) is 0 Å². The zero-order chi connectivity index (χ0) is 23.1. The summed E-state index contributed by atoms with van der Waals surface area (Å²) < 4.78 is 7.59. The minimum atomic E-state index is -0.767. The van der Waals surface area contributed by atoms with Gasteiger partial charge >= 0.3 is 0 Å². The van der Waals surface area contributed by atoms with Crippen molar-refractivity contribution in [3.05, 3.63) is 65.5 Å². The predicted molar refractivity (Wildman–Crippen MR) is 124 cm³/mol. The summed E-state index contributed by atoms with van der Waals surface area (Å²) in [5.74, 6) is -0.0920. The maximum atomic E-state index is 12.3. The Morgan fingerprint density at radius 3 is 2.69 bits per heavy atom. The molecule has 1 heterocycles. The van der Waals surface area contributed by atoms with E-state index in [0.717, 1.165) is 28.8 Å². The molecule has 1 aromatic heterocycles. The molecular formula is C23H27N5O3S. The summed E-state index contributed by atoms with van der Waals surface area (Å²) in [5, 5.41) is 8.69. The van der Waals surface area contributed by atoms with Crippen LogP contribution in [0, 0.1) is 13.8 Å². The average Bonchev–Trinajstić information content (AvgIpc) is 3.27. The topological polar surface area (TPSA) is 98.1 Å². The van der Waals surface area contributed by atoms with Gasteiger partial charge in [0, 0.05) is 0 Å². The third-order valence-corrected chi connectivity index (χ3v) is 5.98. The Morgan fingerprint density at radius 2 is 1.91 bits per heavy atom. The van der Waals surface area contributed by atoms with Crippen molar-refractivity contribution in [3.8, 4) is 11.4 Å². The smallest absolute Gasteiger partial charge is 0.279 e. The fourth-order valence-electron chi connectivity index (χ4n) is 3.03. The van der Waals surface area contributed by atoms with Crippen LogP contribution in [-0.4, -0.2) is 38.4 Å². The molecule has 2 amide bonds. The maximum absolute atomic E-state index is 12.3. The highest BCUT2D eigenvalue weighted by molar-refractivity contribution is 7.99. The molecule has 1 atom stereocenters. The number of aryl methyl sites for hydroxylation is 2. The number of aromatic nitrogens is 3. The first kappa shape index (κ1) is 23.3. The van der Waals surface area contributed by atoms with Crippen LogP contribution < -0.4 is 15.6 Å². The van der Waals surface area contributed by atoms with Crippen molar-refractivity contribution < 1.29 is 14.3 Å². The van der Waals surface area contributed by atoms with E-state index in [1.165, 1.54) is 11.8 Å². The van der Waals surface area contributed by atoms with E-state index in [1.54, 1.807) is 13.3 Å². The second-order valence-corrected chi connectivity index (χ2v) is 8.19. The van der Waals surface area contributed by atoms with Gasteiger partial charge in [0.2, 0.25) is 5.91 Å². The number of rotatable bonds is 8. The Hall–Kier alpha value is -3.33. The number of nitrogens with zero attached hydrogens (tertiary/aromatic N) is 3. The molecule has 0 saturated carbocycles. The number of benzene rings is 2. The van der Waals surface area contributed by atoms with Crippen LogP contribution in [0.3, 0.4) is 0 Å². The normalized spacial score (nSPS) is 11.6. The molecule has 2 N–H and O–H groups in total. The summed E-state index contributed by atoms with van der Waals surface area (Å²) >= 11 is 1.24. The lowest BCUT2D eigenvalue weighted by atomic mass is 10.1. The van der Waals surface area contributed by atoms with E-state index < -0.39 is 12.0 Å². The fraction of sp³-hybridized carbons (Fsp3) is 0.304. The lowest BCUT2D eigenvalue weighted by molar-refractivity contribution is -0.131. The quantitative estimate of drug-likeness (QED) is 0.402. The first-order chi connectivity index (χ1) is 15.4. The molecule has 32 heavy (non-hydrogen) atoms. The summed E-state index contributed by atoms with van der Waals surface area (Å²) in [6.07, 6.45) is 1.73. The Morgan fingerprint density at radius 1 is 1.12 bits per heavy atom. The monoisotopic (exact) mass is 453 g/mol. The molecule has 0 spiro atoms. The number of carbonyl (C=O) groups excluding carboxylic acids is 2. The van der Waals surface area contributed by atoms with Gasteiger partial charge in [-0.05, 0) is 56.0 Å². The van der Waals surface area contributed by atoms with Gasteiger partial charge in [-0.3, -0.25) is 25.0 Å². The molecular weight excluding hydrogens is 426 g/mol. The standard InChI is InChI=1S/C23H27N5O3S/c1-5-18-10-6-7-11-19(18)28-14-24-27-23(28)32-13-21(29)25-26-22(30)17(4)31-20-12-8-9-15(2)16(20)3/h6-12,14,17H,5,13H2,1-4H3,(H,25,29)(H,26,30). The molecule has 1 unspecified atom stereocenters. The predicted octanol–water partition coefficient (Wildman–Crippen LogP) is 3.15. The summed E-state index contributed by atoms with van der Waals surface area (Å²) in [7, 11) is 0. The van der Waals surface area contributed by atoms with Crippen LogP contribution in [0.4, 0.5) is 0 Å². The van der Waals surface area contributed by atoms with Crippen LogP contribution in [0.25, 0.3) is 5.69 Å². The van der Waals surface area contributed by atoms with Gasteiger partial charge < -0.3 is 4.74 Å². The highest BCUT2D eigenvalue weighted by Crippen LogP contribution is 2.23. The number of hydrazine groups is 1. The molecule has 9 heteroatoms. The van der Waals surface area contributed by atoms with E-state index in [2.05, 4.69) is 28.0 Å². The number of hydrogen-bond donors (Lipinski definition) is 2. The number of carbonyl (C=O) groups is 2. The van der Waals surface area contributed by atoms with Crippen LogP contribution in [0.15, 0.2) is 53.9 Å². The van der Waals surface area contributed by atoms with Gasteiger partial charge in [-0.1, -0.05) is 49.0 Å². The molecule has 0 bridgehead atoms. The van der Waals surface area contributed by atoms with Crippen molar-refractivity contribution in [3.63, 3.8) is 0 Å². The number of amides is 2. The van der Waals surface area contributed by atoms with Gasteiger partial charge in [0.25, 0.3) is 5.91 Å². The molecule has 168 valence electrons. The van der Waals surface area contributed by atoms with E-state index in [0.29, 0.717) is 10.9 Å². The molecule has 0 saturated heterocycles. The molecule has 0 radical (unpaired) electrons. The Bertz CT molecular complexity index is 1100. The Kier molecular flexibility index (Phi) is 7.88. The van der Waals surface area contributed by atoms with Crippen LogP contribution in [0.5, 0.6) is 5.75 Å². The SMILES string of the molecule is CCc1ccccc1-n1cnnc1SCC(=O)NNC(=O)C(C)Oc1cccc(C)c1C. The number of thioether (sulfide) groups is 1. The molecule has 0 aliphatic rings.